The SMILES string of the molecule is CC(=O)Nc1nc(Cl)c2[nH]c([C@@H]3O[C@H](CO)C[C@H]3O)nc2n1. The second kappa shape index (κ2) is 5.76. The summed E-state index contributed by atoms with van der Waals surface area (Å²) in [5.41, 5.74) is 0.635. The number of fused-ring (bicyclic) bond motifs is 1. The van der Waals surface area contributed by atoms with Gasteiger partial charge in [-0.25, -0.2) is 4.98 Å². The first-order chi connectivity index (χ1) is 10.5. The van der Waals surface area contributed by atoms with E-state index in [1.807, 2.05) is 0 Å². The molecule has 1 aliphatic rings. The van der Waals surface area contributed by atoms with E-state index in [1.165, 1.54) is 6.92 Å². The summed E-state index contributed by atoms with van der Waals surface area (Å²) >= 11 is 6.04. The highest BCUT2D eigenvalue weighted by molar-refractivity contribution is 6.33. The molecule has 1 aliphatic heterocycles. The number of anilines is 1. The highest BCUT2D eigenvalue weighted by Gasteiger charge is 2.36. The number of carbonyl (C=O) groups excluding carboxylic acids is 1. The Morgan fingerprint density at radius 1 is 1.50 bits per heavy atom. The number of aliphatic hydroxyl groups excluding tert-OH is 2. The van der Waals surface area contributed by atoms with E-state index in [2.05, 4.69) is 25.3 Å². The van der Waals surface area contributed by atoms with Gasteiger partial charge in [0.25, 0.3) is 0 Å². The standard InChI is InChI=1S/C12H14ClN5O4/c1-4(20)14-12-16-9(13)7-10(18-12)17-11(15-7)8-6(21)2-5(3-19)22-8/h5-6,8,19,21H,2-3H2,1H3,(H2,14,15,16,17,18,20)/t5-,6+,8+/m0/s1. The summed E-state index contributed by atoms with van der Waals surface area (Å²) in [6.45, 7) is 1.15. The number of halogens is 1. The topological polar surface area (TPSA) is 133 Å². The van der Waals surface area contributed by atoms with E-state index in [0.29, 0.717) is 17.8 Å². The van der Waals surface area contributed by atoms with E-state index in [4.69, 9.17) is 21.4 Å². The summed E-state index contributed by atoms with van der Waals surface area (Å²) in [5.74, 6) is 0.0605. The Morgan fingerprint density at radius 2 is 2.27 bits per heavy atom. The van der Waals surface area contributed by atoms with E-state index >= 15 is 0 Å². The molecule has 3 rings (SSSR count). The molecule has 0 unspecified atom stereocenters. The van der Waals surface area contributed by atoms with Gasteiger partial charge in [-0.2, -0.15) is 9.97 Å². The lowest BCUT2D eigenvalue weighted by molar-refractivity contribution is -0.114. The van der Waals surface area contributed by atoms with Gasteiger partial charge >= 0.3 is 0 Å². The summed E-state index contributed by atoms with van der Waals surface area (Å²) in [7, 11) is 0. The minimum Gasteiger partial charge on any atom is -0.394 e. The van der Waals surface area contributed by atoms with Crippen LogP contribution in [0.4, 0.5) is 5.95 Å². The number of hydrogen-bond donors (Lipinski definition) is 4. The number of ether oxygens (including phenoxy) is 1. The van der Waals surface area contributed by atoms with Crippen LogP contribution in [0.3, 0.4) is 0 Å². The Balaban J connectivity index is 1.96. The van der Waals surface area contributed by atoms with Crippen LogP contribution in [0.5, 0.6) is 0 Å². The average Bonchev–Trinajstić information content (AvgIpc) is 3.01. The van der Waals surface area contributed by atoms with Crippen molar-refractivity contribution in [3.8, 4) is 0 Å². The minimum absolute atomic E-state index is 0.0455. The number of aliphatic hydroxyl groups is 2. The number of nitrogens with one attached hydrogen (secondary N) is 2. The molecule has 4 N–H and O–H groups in total. The van der Waals surface area contributed by atoms with Gasteiger partial charge in [0.2, 0.25) is 11.9 Å². The van der Waals surface area contributed by atoms with Crippen molar-refractivity contribution in [2.24, 2.45) is 0 Å². The molecule has 0 saturated carbocycles. The third-order valence-electron chi connectivity index (χ3n) is 3.28. The van der Waals surface area contributed by atoms with E-state index in [-0.39, 0.29) is 29.3 Å². The molecule has 2 aromatic heterocycles. The Hall–Kier alpha value is -1.81. The normalized spacial score (nSPS) is 24.8. The molecule has 1 amide bonds. The second-order valence-electron chi connectivity index (χ2n) is 5.00. The highest BCUT2D eigenvalue weighted by atomic mass is 35.5. The molecule has 22 heavy (non-hydrogen) atoms. The van der Waals surface area contributed by atoms with Crippen LogP contribution in [0.25, 0.3) is 11.2 Å². The molecule has 0 bridgehead atoms. The third-order valence-corrected chi connectivity index (χ3v) is 3.55. The lowest BCUT2D eigenvalue weighted by Gasteiger charge is -2.10. The van der Waals surface area contributed by atoms with Crippen molar-refractivity contribution >= 4 is 34.6 Å². The fourth-order valence-corrected chi connectivity index (χ4v) is 2.55. The predicted molar refractivity (Wildman–Crippen MR) is 76.3 cm³/mol. The molecule has 2 aromatic rings. The van der Waals surface area contributed by atoms with Gasteiger partial charge in [0.15, 0.2) is 10.8 Å². The Kier molecular flexibility index (Phi) is 3.96. The van der Waals surface area contributed by atoms with Gasteiger partial charge in [0.1, 0.15) is 17.4 Å². The Bertz CT molecular complexity index is 721. The maximum absolute atomic E-state index is 11.0. The van der Waals surface area contributed by atoms with Crippen molar-refractivity contribution in [3.05, 3.63) is 11.0 Å². The predicted octanol–water partition coefficient (Wildman–Crippen LogP) is 0.148. The number of hydrogen-bond acceptors (Lipinski definition) is 7. The van der Waals surface area contributed by atoms with Crippen LogP contribution in [0.1, 0.15) is 25.3 Å². The van der Waals surface area contributed by atoms with Crippen LogP contribution in [0.15, 0.2) is 0 Å². The maximum Gasteiger partial charge on any atom is 0.233 e. The van der Waals surface area contributed by atoms with Crippen molar-refractivity contribution in [1.29, 1.82) is 0 Å². The number of imidazole rings is 1. The number of aromatic nitrogens is 4. The maximum atomic E-state index is 11.0. The van der Waals surface area contributed by atoms with E-state index < -0.39 is 18.3 Å². The molecular formula is C12H14ClN5O4. The van der Waals surface area contributed by atoms with E-state index in [9.17, 15) is 9.90 Å². The van der Waals surface area contributed by atoms with Gasteiger partial charge in [-0.1, -0.05) is 11.6 Å². The van der Waals surface area contributed by atoms with Gasteiger partial charge in [-0.3, -0.25) is 10.1 Å². The molecule has 0 spiro atoms. The first kappa shape index (κ1) is 15.1. The first-order valence-electron chi connectivity index (χ1n) is 6.63. The van der Waals surface area contributed by atoms with Crippen molar-refractivity contribution in [2.75, 3.05) is 11.9 Å². The molecule has 0 aromatic carbocycles. The zero-order chi connectivity index (χ0) is 15.9. The molecule has 9 nitrogen and oxygen atoms in total. The third kappa shape index (κ3) is 2.75. The zero-order valence-corrected chi connectivity index (χ0v) is 12.3. The number of aromatic amines is 1. The molecule has 0 aliphatic carbocycles. The van der Waals surface area contributed by atoms with Crippen molar-refractivity contribution in [3.63, 3.8) is 0 Å². The average molecular weight is 328 g/mol. The number of amides is 1. The van der Waals surface area contributed by atoms with E-state index in [0.717, 1.165) is 0 Å². The summed E-state index contributed by atoms with van der Waals surface area (Å²) in [6, 6.07) is 0. The number of nitrogens with zero attached hydrogens (tertiary/aromatic N) is 3. The number of rotatable bonds is 3. The van der Waals surface area contributed by atoms with Gasteiger partial charge in [0.05, 0.1) is 18.8 Å². The summed E-state index contributed by atoms with van der Waals surface area (Å²) in [5, 5.41) is 21.6. The number of H-pyrrole nitrogens is 1. The summed E-state index contributed by atoms with van der Waals surface area (Å²) in [6.07, 6.45) is -1.62. The monoisotopic (exact) mass is 327 g/mol. The van der Waals surface area contributed by atoms with Gasteiger partial charge in [-0.05, 0) is 0 Å². The molecule has 3 heterocycles. The molecule has 0 radical (unpaired) electrons. The van der Waals surface area contributed by atoms with Gasteiger partial charge in [0, 0.05) is 13.3 Å². The molecular weight excluding hydrogens is 314 g/mol. The quantitative estimate of drug-likeness (QED) is 0.589. The van der Waals surface area contributed by atoms with Crippen LogP contribution in [0, 0.1) is 0 Å². The van der Waals surface area contributed by atoms with Crippen molar-refractivity contribution in [2.45, 2.75) is 31.7 Å². The smallest absolute Gasteiger partial charge is 0.233 e. The zero-order valence-electron chi connectivity index (χ0n) is 11.6. The molecule has 118 valence electrons. The summed E-state index contributed by atoms with van der Waals surface area (Å²) in [4.78, 5) is 26.2. The largest absolute Gasteiger partial charge is 0.394 e. The van der Waals surface area contributed by atoms with E-state index in [1.54, 1.807) is 0 Å². The Labute approximate surface area is 129 Å². The molecule has 1 fully saturated rings. The second-order valence-corrected chi connectivity index (χ2v) is 5.36. The summed E-state index contributed by atoms with van der Waals surface area (Å²) < 4.78 is 5.52. The molecule has 10 heteroatoms. The van der Waals surface area contributed by atoms with Crippen molar-refractivity contribution < 1.29 is 19.7 Å². The number of carbonyl (C=O) groups is 1. The molecule has 3 atom stereocenters. The first-order valence-corrected chi connectivity index (χ1v) is 7.01. The molecule has 1 saturated heterocycles. The lowest BCUT2D eigenvalue weighted by atomic mass is 10.1. The fraction of sp³-hybridized carbons (Fsp3) is 0.500. The van der Waals surface area contributed by atoms with Crippen LogP contribution >= 0.6 is 11.6 Å². The lowest BCUT2D eigenvalue weighted by Crippen LogP contribution is -2.13. The Morgan fingerprint density at radius 3 is 2.91 bits per heavy atom. The van der Waals surface area contributed by atoms with Gasteiger partial charge in [-0.15, -0.1) is 0 Å². The van der Waals surface area contributed by atoms with Crippen LogP contribution in [-0.2, 0) is 9.53 Å². The van der Waals surface area contributed by atoms with Crippen molar-refractivity contribution in [1.82, 2.24) is 19.9 Å². The highest BCUT2D eigenvalue weighted by Crippen LogP contribution is 2.33. The fourth-order valence-electron chi connectivity index (χ4n) is 2.34. The van der Waals surface area contributed by atoms with Gasteiger partial charge < -0.3 is 19.9 Å². The van der Waals surface area contributed by atoms with Crippen LogP contribution < -0.4 is 5.32 Å². The van der Waals surface area contributed by atoms with Crippen LogP contribution in [0.2, 0.25) is 5.15 Å². The minimum atomic E-state index is -0.792. The van der Waals surface area contributed by atoms with Crippen LogP contribution in [-0.4, -0.2) is 54.9 Å².